The van der Waals surface area contributed by atoms with Gasteiger partial charge in [0, 0.05) is 0 Å². The van der Waals surface area contributed by atoms with Crippen LogP contribution in [0.25, 0.3) is 0 Å². The van der Waals surface area contributed by atoms with E-state index in [1.807, 2.05) is 5.41 Å². The molecule has 0 heterocycles. The zero-order valence-electron chi connectivity index (χ0n) is 11.6. The van der Waals surface area contributed by atoms with Crippen LogP contribution in [-0.2, 0) is 0 Å². The van der Waals surface area contributed by atoms with Crippen molar-refractivity contribution in [2.75, 3.05) is 0 Å². The molecule has 0 N–H and O–H groups in total. The fourth-order valence-corrected chi connectivity index (χ4v) is 1.73. The van der Waals surface area contributed by atoms with E-state index in [-0.39, 0.29) is 0 Å². The van der Waals surface area contributed by atoms with E-state index < -0.39 is 0 Å². The summed E-state index contributed by atoms with van der Waals surface area (Å²) in [5.74, 6) is 0. The van der Waals surface area contributed by atoms with Crippen LogP contribution in [-0.4, -0.2) is 0 Å². The lowest BCUT2D eigenvalue weighted by atomic mass is 10.2. The maximum absolute atomic E-state index is 3.87. The van der Waals surface area contributed by atoms with Gasteiger partial charge in [-0.05, 0) is 23.2 Å². The zero-order chi connectivity index (χ0) is 12.6. The van der Waals surface area contributed by atoms with Gasteiger partial charge in [-0.1, -0.05) is 72.5 Å². The topological polar surface area (TPSA) is 0 Å². The number of rotatable bonds is 9. The average molecular weight is 242 g/mol. The molecule has 0 atom stereocenters. The predicted octanol–water partition coefficient (Wildman–Crippen LogP) is 6.54. The lowest BCUT2D eigenvalue weighted by Gasteiger charge is -1.97. The predicted molar refractivity (Wildman–Crippen MR) is 80.9 cm³/mol. The Bertz CT molecular complexity index is 146. The smallest absolute Gasteiger partial charge is 0.0180 e. The van der Waals surface area contributed by atoms with Crippen molar-refractivity contribution in [2.24, 2.45) is 0 Å². The largest absolute Gasteiger partial charge is 0.104 e. The van der Waals surface area contributed by atoms with Crippen molar-refractivity contribution in [3.63, 3.8) is 0 Å². The molecule has 0 amide bonds. The lowest BCUT2D eigenvalue weighted by molar-refractivity contribution is 0.656. The summed E-state index contributed by atoms with van der Waals surface area (Å²) in [5.41, 5.74) is 0. The minimum atomic E-state index is 1.13. The number of allylic oxidation sites excluding steroid dienone is 1. The van der Waals surface area contributed by atoms with E-state index >= 15 is 0 Å². The van der Waals surface area contributed by atoms with Crippen molar-refractivity contribution in [1.29, 1.82) is 0 Å². The van der Waals surface area contributed by atoms with Gasteiger partial charge in [0.15, 0.2) is 0 Å². The van der Waals surface area contributed by atoms with E-state index in [0.29, 0.717) is 0 Å². The van der Waals surface area contributed by atoms with Crippen molar-refractivity contribution in [3.8, 4) is 0 Å². The Kier molecular flexibility index (Phi) is 19.6. The van der Waals surface area contributed by atoms with Crippen molar-refractivity contribution in [3.05, 3.63) is 23.5 Å². The molecular formula is C15H30S. The summed E-state index contributed by atoms with van der Waals surface area (Å²) in [4.78, 5) is 1.23. The molecular weight excluding hydrogens is 212 g/mol. The molecule has 0 bridgehead atoms. The summed E-state index contributed by atoms with van der Waals surface area (Å²) in [5, 5.41) is 1.83. The Hall–Kier alpha value is -0.170. The van der Waals surface area contributed by atoms with Crippen LogP contribution in [0.1, 0.15) is 72.1 Å². The molecule has 0 aromatic carbocycles. The van der Waals surface area contributed by atoms with E-state index in [0.717, 1.165) is 6.42 Å². The van der Waals surface area contributed by atoms with Crippen LogP contribution in [0.4, 0.5) is 0 Å². The van der Waals surface area contributed by atoms with Gasteiger partial charge in [0.05, 0.1) is 0 Å². The monoisotopic (exact) mass is 242 g/mol. The molecule has 0 fully saturated rings. The summed E-state index contributed by atoms with van der Waals surface area (Å²) < 4.78 is 0. The first-order valence-corrected chi connectivity index (χ1v) is 7.56. The van der Waals surface area contributed by atoms with Gasteiger partial charge in [0.25, 0.3) is 0 Å². The molecule has 16 heavy (non-hydrogen) atoms. The lowest BCUT2D eigenvalue weighted by Crippen LogP contribution is -1.72. The molecule has 96 valence electrons. The van der Waals surface area contributed by atoms with Crippen LogP contribution in [0.5, 0.6) is 0 Å². The number of unbranched alkanes of at least 4 members (excludes halogenated alkanes) is 5. The molecule has 1 heteroatoms. The third kappa shape index (κ3) is 19.4. The molecule has 0 nitrogen and oxygen atoms in total. The maximum atomic E-state index is 3.87. The first kappa shape index (κ1) is 18.2. The number of hydrogen-bond acceptors (Lipinski definition) is 1. The first-order valence-electron chi connectivity index (χ1n) is 6.68. The summed E-state index contributed by atoms with van der Waals surface area (Å²) in [6.45, 7) is 14.2. The minimum absolute atomic E-state index is 1.13. The Morgan fingerprint density at radius 3 is 1.81 bits per heavy atom. The van der Waals surface area contributed by atoms with E-state index in [9.17, 15) is 0 Å². The van der Waals surface area contributed by atoms with Crippen LogP contribution in [0.15, 0.2) is 23.5 Å². The average Bonchev–Trinajstić information content (AvgIpc) is 2.28. The Labute approximate surface area is 108 Å². The fraction of sp³-hybridized carbons (Fsp3) is 0.733. The van der Waals surface area contributed by atoms with E-state index in [1.165, 1.54) is 49.9 Å². The summed E-state index contributed by atoms with van der Waals surface area (Å²) in [7, 11) is 0. The fourth-order valence-electron chi connectivity index (χ4n) is 1.23. The number of thioether (sulfide) groups is 1. The molecule has 0 spiro atoms. The van der Waals surface area contributed by atoms with Gasteiger partial charge < -0.3 is 0 Å². The zero-order valence-corrected chi connectivity index (χ0v) is 12.4. The highest BCUT2D eigenvalue weighted by Gasteiger charge is 1.89. The summed E-state index contributed by atoms with van der Waals surface area (Å²) in [6.07, 6.45) is 10.6. The van der Waals surface area contributed by atoms with Gasteiger partial charge >= 0.3 is 0 Å². The summed E-state index contributed by atoms with van der Waals surface area (Å²) in [6, 6.07) is 0. The molecule has 0 saturated heterocycles. The van der Waals surface area contributed by atoms with Crippen LogP contribution in [0.2, 0.25) is 0 Å². The minimum Gasteiger partial charge on any atom is -0.104 e. The van der Waals surface area contributed by atoms with Gasteiger partial charge in [-0.15, -0.1) is 11.8 Å². The first-order chi connectivity index (χ1) is 7.72. The number of hydrogen-bond donors (Lipinski definition) is 0. The van der Waals surface area contributed by atoms with Crippen LogP contribution < -0.4 is 0 Å². The molecule has 0 aliphatic rings. The van der Waals surface area contributed by atoms with Gasteiger partial charge in [0.1, 0.15) is 0 Å². The molecule has 0 unspecified atom stereocenters. The molecule has 0 radical (unpaired) electrons. The highest BCUT2D eigenvalue weighted by molar-refractivity contribution is 8.05. The van der Waals surface area contributed by atoms with Crippen LogP contribution in [0, 0.1) is 0 Å². The molecule has 0 saturated carbocycles. The molecule has 0 aliphatic heterocycles. The molecule has 0 aromatic rings. The second kappa shape index (κ2) is 17.2. The summed E-state index contributed by atoms with van der Waals surface area (Å²) >= 11 is 1.64. The second-order valence-electron chi connectivity index (χ2n) is 3.99. The van der Waals surface area contributed by atoms with Gasteiger partial charge in [-0.25, -0.2) is 0 Å². The molecule has 0 rings (SSSR count). The van der Waals surface area contributed by atoms with Gasteiger partial charge in [0.2, 0.25) is 0 Å². The molecule has 0 aliphatic carbocycles. The third-order valence-electron chi connectivity index (χ3n) is 2.27. The van der Waals surface area contributed by atoms with Gasteiger partial charge in [-0.2, -0.15) is 0 Å². The van der Waals surface area contributed by atoms with Crippen LogP contribution in [0.3, 0.4) is 0 Å². The highest BCUT2D eigenvalue weighted by atomic mass is 32.2. The van der Waals surface area contributed by atoms with Crippen molar-refractivity contribution in [2.45, 2.75) is 72.1 Å². The quantitative estimate of drug-likeness (QED) is 0.413. The standard InChI is InChI=1S/C8H14S.C7H16/c1-4-6-7-8(3)9-5-2;1-3-5-7-6-4-2/h5H,2-4,6-7H2,1H3;3-7H2,1-2H3. The van der Waals surface area contributed by atoms with Crippen molar-refractivity contribution >= 4 is 11.8 Å². The highest BCUT2D eigenvalue weighted by Crippen LogP contribution is 2.19. The molecule has 0 aromatic heterocycles. The second-order valence-corrected chi connectivity index (χ2v) is 5.13. The van der Waals surface area contributed by atoms with Crippen molar-refractivity contribution in [1.82, 2.24) is 0 Å². The van der Waals surface area contributed by atoms with E-state index in [2.05, 4.69) is 33.9 Å². The van der Waals surface area contributed by atoms with Crippen molar-refractivity contribution < 1.29 is 0 Å². The third-order valence-corrected chi connectivity index (χ3v) is 2.97. The van der Waals surface area contributed by atoms with Crippen LogP contribution >= 0.6 is 11.8 Å². The SMILES string of the molecule is C=CSC(=C)CCCC.CCCCCCC. The Balaban J connectivity index is 0. The van der Waals surface area contributed by atoms with E-state index in [4.69, 9.17) is 0 Å². The normalized spacial score (nSPS) is 9.19. The maximum Gasteiger partial charge on any atom is -0.0180 e. The van der Waals surface area contributed by atoms with Gasteiger partial charge in [-0.3, -0.25) is 0 Å². The Morgan fingerprint density at radius 2 is 1.44 bits per heavy atom. The van der Waals surface area contributed by atoms with E-state index in [1.54, 1.807) is 11.8 Å². The Morgan fingerprint density at radius 1 is 0.938 bits per heavy atom.